The zero-order valence-corrected chi connectivity index (χ0v) is 71.6. The van der Waals surface area contributed by atoms with E-state index in [4.69, 9.17) is 10.3 Å². The number of para-hydroxylation sites is 4. The third kappa shape index (κ3) is 20.3. The van der Waals surface area contributed by atoms with E-state index in [2.05, 4.69) is 83.2 Å². The van der Waals surface area contributed by atoms with Gasteiger partial charge in [-0.15, -0.1) is 0 Å². The number of nitrogens with two attached hydrogens (primary N) is 2. The molecule has 1 unspecified atom stereocenters. The molecule has 123 heavy (non-hydrogen) atoms. The lowest BCUT2D eigenvalue weighted by Crippen LogP contribution is -2.57. The van der Waals surface area contributed by atoms with E-state index in [1.807, 2.05) is 114 Å². The number of aryl methyl sites for hydroxylation is 6. The summed E-state index contributed by atoms with van der Waals surface area (Å²) < 4.78 is 82.1. The monoisotopic (exact) mass is 1710 g/mol. The fourth-order valence-electron chi connectivity index (χ4n) is 17.3. The van der Waals surface area contributed by atoms with Crippen LogP contribution in [-0.4, -0.2) is 218 Å². The Morgan fingerprint density at radius 2 is 0.870 bits per heavy atom. The number of piperazine rings is 3. The summed E-state index contributed by atoms with van der Waals surface area (Å²) in [7, 11) is -5.39. The van der Waals surface area contributed by atoms with E-state index >= 15 is 4.39 Å². The van der Waals surface area contributed by atoms with Crippen molar-refractivity contribution in [3.05, 3.63) is 224 Å². The van der Waals surface area contributed by atoms with Crippen molar-refractivity contribution in [1.29, 1.82) is 15.8 Å². The molecule has 644 valence electrons. The molecule has 9 aromatic rings. The summed E-state index contributed by atoms with van der Waals surface area (Å²) in [6.07, 6.45) is 4.90. The number of benzene rings is 8. The minimum Gasteiger partial charge on any atom is -0.394 e. The maximum atomic E-state index is 15.0. The Morgan fingerprint density at radius 3 is 1.34 bits per heavy atom. The van der Waals surface area contributed by atoms with Gasteiger partial charge in [-0.1, -0.05) is 65.8 Å². The summed E-state index contributed by atoms with van der Waals surface area (Å²) in [4.78, 5) is 58.3. The van der Waals surface area contributed by atoms with E-state index in [0.29, 0.717) is 146 Å². The summed E-state index contributed by atoms with van der Waals surface area (Å²) in [5.41, 5.74) is 13.3. The molecule has 6 saturated heterocycles. The molecule has 1 aromatic heterocycles. The van der Waals surface area contributed by atoms with Gasteiger partial charge in [0.15, 0.2) is 0 Å². The molecule has 3 amide bonds. The van der Waals surface area contributed by atoms with Crippen LogP contribution in [0.1, 0.15) is 114 Å². The first-order chi connectivity index (χ1) is 59.0. The third-order valence-corrected chi connectivity index (χ3v) is 26.0. The Morgan fingerprint density at radius 1 is 0.472 bits per heavy atom. The molecule has 0 bridgehead atoms. The number of nitrogens with zero attached hydrogens (tertiary/aromatic N) is 16. The molecule has 0 spiro atoms. The summed E-state index contributed by atoms with van der Waals surface area (Å²) in [5.74, 6) is 2.23. The molecule has 33 heteroatoms. The second-order valence-electron chi connectivity index (χ2n) is 32.1. The fraction of sp³-hybridized carbons (Fsp3) is 0.378. The first-order valence-corrected chi connectivity index (χ1v) is 44.6. The molecule has 8 aromatic carbocycles. The highest BCUT2D eigenvalue weighted by atomic mass is 32.2. The Kier molecular flexibility index (Phi) is 27.8. The number of tetrazole rings is 1. The number of anilines is 9. The van der Waals surface area contributed by atoms with E-state index in [1.165, 1.54) is 24.3 Å². The van der Waals surface area contributed by atoms with Crippen LogP contribution in [-0.2, 0) is 26.8 Å². The molecule has 15 rings (SSSR count). The number of hydrogen-bond donors (Lipinski definition) is 6. The lowest BCUT2D eigenvalue weighted by Gasteiger charge is -2.40. The van der Waals surface area contributed by atoms with Gasteiger partial charge in [-0.2, -0.15) is 15.8 Å². The smallest absolute Gasteiger partial charge is 0.254 e. The lowest BCUT2D eigenvalue weighted by molar-refractivity contribution is 0.0694. The zero-order valence-electron chi connectivity index (χ0n) is 70.0. The van der Waals surface area contributed by atoms with Crippen LogP contribution in [0.2, 0.25) is 0 Å². The van der Waals surface area contributed by atoms with Crippen LogP contribution in [0.4, 0.5) is 64.6 Å². The molecule has 0 aliphatic carbocycles. The van der Waals surface area contributed by atoms with Crippen molar-refractivity contribution in [2.24, 2.45) is 17.3 Å². The number of aliphatic hydroxyl groups excluding tert-OH is 1. The highest BCUT2D eigenvalue weighted by Crippen LogP contribution is 2.36. The predicted molar refractivity (Wildman–Crippen MR) is 474 cm³/mol. The van der Waals surface area contributed by atoms with Crippen molar-refractivity contribution in [3.8, 4) is 18.2 Å². The molecule has 2 atom stereocenters. The van der Waals surface area contributed by atoms with Gasteiger partial charge >= 0.3 is 0 Å². The number of nitrogens with one attached hydrogen (secondary N) is 3. The Bertz CT molecular complexity index is 5760. The maximum absolute atomic E-state index is 15.0. The SMILES string of the molecule is C=S(N)(=O)c1ccccc1N1CCN(C(=O)c2cc(NC3CCN(c4ccccc4C#N)CC3)c(F)cc2C)CC1.Cc1cc(C)c(C(=O)N2CCN(c3cccc(F)c3S(N)(=O)=O)CC2)cc1NC1CCN(c2c(F)cccc2C#N)CC1.Cc1cc(C)c(C(=O)N2CCN(c3nnnn3C)[C@H](CO)C2)cc1NC1CCN(c2ccccc2C#N)CC1. The Hall–Kier alpha value is -12.5. The van der Waals surface area contributed by atoms with E-state index in [9.17, 15) is 56.7 Å². The number of carbonyl (C=O) groups is 3. The van der Waals surface area contributed by atoms with Gasteiger partial charge in [0.05, 0.1) is 78.1 Å². The van der Waals surface area contributed by atoms with Gasteiger partial charge in [0.2, 0.25) is 16.0 Å². The second kappa shape index (κ2) is 38.7. The van der Waals surface area contributed by atoms with Crippen LogP contribution in [0.3, 0.4) is 0 Å². The molecule has 6 aliphatic heterocycles. The van der Waals surface area contributed by atoms with Crippen LogP contribution < -0.4 is 55.6 Å². The second-order valence-corrected chi connectivity index (χ2v) is 35.5. The standard InChI is InChI=1S/C31H34F2N6O3S.C31H35FN6O2S.C28H35N9O2/c1-20-17-21(2)27(36-23-9-11-38(12-10-23)29-22(19-34)5-3-6-25(29)32)18-24(20)31(40)39-15-13-37(14-16-39)28-8-4-7-26(33)30(28)43(35,41)42;1-22-19-26(32)27(35-24-11-13-36(14-12-24)28-8-4-3-7-23(28)21-33)20-25(22)31(39)38-17-15-37(16-18-38)29-9-5-6-10-30(29)41(2,34)40;1-19-14-20(2)25(30-22-8-10-35(11-9-22)26-7-5-4-6-21(26)16-29)15-24(19)27(39)36-12-13-37(23(17-36)18-38)28-31-32-33-34(28)3/h3-8,17-18,23,36H,9-16H2,1-2H3,(H2,35,41,42);3-10,19-20,24,35H,2,11-18H2,1H3,(H2,34,40);4-7,14-15,22-23,30,38H,8-13,17-18H2,1-3H3/t;;23-/m..0/s1. The highest BCUT2D eigenvalue weighted by molar-refractivity contribution is 7.98. The van der Waals surface area contributed by atoms with Gasteiger partial charge in [0, 0.05) is 164 Å². The summed E-state index contributed by atoms with van der Waals surface area (Å²) in [6, 6.07) is 48.9. The van der Waals surface area contributed by atoms with Crippen molar-refractivity contribution < 1.29 is 45.3 Å². The molecule has 28 nitrogen and oxygen atoms in total. The van der Waals surface area contributed by atoms with Crippen molar-refractivity contribution >= 4 is 94.8 Å². The molecule has 0 radical (unpaired) electrons. The van der Waals surface area contributed by atoms with Crippen molar-refractivity contribution in [2.45, 2.75) is 107 Å². The average molecular weight is 1710 g/mol. The molecule has 6 aliphatic rings. The normalized spacial score (nSPS) is 17.3. The van der Waals surface area contributed by atoms with Crippen LogP contribution in [0.15, 0.2) is 155 Å². The summed E-state index contributed by atoms with van der Waals surface area (Å²) in [6.45, 7) is 18.8. The number of rotatable bonds is 18. The molecule has 0 saturated carbocycles. The molecule has 6 fully saturated rings. The average Bonchev–Trinajstić information content (AvgIpc) is 1.58. The van der Waals surface area contributed by atoms with Crippen LogP contribution >= 0.6 is 0 Å². The molecule has 7 heterocycles. The van der Waals surface area contributed by atoms with Crippen LogP contribution in [0.25, 0.3) is 0 Å². The van der Waals surface area contributed by atoms with E-state index in [0.717, 1.165) is 121 Å². The lowest BCUT2D eigenvalue weighted by atomic mass is 9.99. The van der Waals surface area contributed by atoms with E-state index in [-0.39, 0.29) is 60.0 Å². The molecular weight excluding hydrogens is 1610 g/mol. The highest BCUT2D eigenvalue weighted by Gasteiger charge is 2.36. The number of primary sulfonamides is 1. The van der Waals surface area contributed by atoms with Gasteiger partial charge in [-0.05, 0) is 202 Å². The fourth-order valence-corrected chi connectivity index (χ4v) is 19.0. The number of aromatic nitrogens is 4. The number of halogens is 3. The quantitative estimate of drug-likeness (QED) is 0.0435. The van der Waals surface area contributed by atoms with Gasteiger partial charge < -0.3 is 65.2 Å². The number of amides is 3. The van der Waals surface area contributed by atoms with Gasteiger partial charge in [-0.25, -0.2) is 35.6 Å². The largest absolute Gasteiger partial charge is 0.394 e. The third-order valence-electron chi connectivity index (χ3n) is 24.0. The number of carbonyl (C=O) groups excluding carboxylic acids is 3. The predicted octanol–water partition coefficient (Wildman–Crippen LogP) is 10.2. The number of hydrogen-bond acceptors (Lipinski definition) is 22. The summed E-state index contributed by atoms with van der Waals surface area (Å²) in [5, 5.41) is 71.8. The number of aliphatic hydroxyl groups is 1. The van der Waals surface area contributed by atoms with Gasteiger partial charge in [-0.3, -0.25) is 19.5 Å². The molecule has 8 N–H and O–H groups in total. The van der Waals surface area contributed by atoms with Gasteiger partial charge in [0.25, 0.3) is 17.7 Å². The number of sulfonamides is 1. The van der Waals surface area contributed by atoms with Crippen LogP contribution in [0, 0.1) is 86.1 Å². The zero-order chi connectivity index (χ0) is 87.6. The Balaban J connectivity index is 0.000000159. The first-order valence-electron chi connectivity index (χ1n) is 41.3. The van der Waals surface area contributed by atoms with Gasteiger partial charge in [0.1, 0.15) is 40.6 Å². The van der Waals surface area contributed by atoms with Crippen LogP contribution in [0.5, 0.6) is 0 Å². The minimum absolute atomic E-state index is 0.0346. The number of nitriles is 3. The number of piperidine rings is 3. The van der Waals surface area contributed by atoms with Crippen molar-refractivity contribution in [2.75, 3.05) is 163 Å². The minimum atomic E-state index is -4.27. The topological polar surface area (TPSA) is 355 Å². The summed E-state index contributed by atoms with van der Waals surface area (Å²) >= 11 is 0. The van der Waals surface area contributed by atoms with Crippen molar-refractivity contribution in [1.82, 2.24) is 34.9 Å². The maximum Gasteiger partial charge on any atom is 0.254 e. The first kappa shape index (κ1) is 88.3. The van der Waals surface area contributed by atoms with E-state index in [1.54, 1.807) is 63.7 Å². The molecular formula is C90H104F3N21O7S2. The van der Waals surface area contributed by atoms with Crippen molar-refractivity contribution in [3.63, 3.8) is 0 Å². The van der Waals surface area contributed by atoms with E-state index < -0.39 is 36.3 Å². The Labute approximate surface area is 716 Å².